The Hall–Kier alpha value is -1.54. The second kappa shape index (κ2) is 2.97. The molecule has 0 amide bonds. The van der Waals surface area contributed by atoms with E-state index in [-0.39, 0.29) is 0 Å². The van der Waals surface area contributed by atoms with E-state index in [2.05, 4.69) is 6.07 Å². The Kier molecular flexibility index (Phi) is 1.73. The van der Waals surface area contributed by atoms with Crippen molar-refractivity contribution in [2.75, 3.05) is 0 Å². The van der Waals surface area contributed by atoms with Crippen molar-refractivity contribution in [1.82, 2.24) is 0 Å². The van der Waals surface area contributed by atoms with Gasteiger partial charge in [-0.3, -0.25) is 0 Å². The lowest BCUT2D eigenvalue weighted by atomic mass is 9.90. The Bertz CT molecular complexity index is 473. The molecule has 1 aliphatic rings. The monoisotopic (exact) mass is 200 g/mol. The number of hydrogen-bond acceptors (Lipinski definition) is 2. The number of rotatable bonds is 1. The van der Waals surface area contributed by atoms with Crippen molar-refractivity contribution < 1.29 is 9.52 Å². The van der Waals surface area contributed by atoms with Crippen LogP contribution in [0.4, 0.5) is 0 Å². The second-order valence-corrected chi connectivity index (χ2v) is 4.03. The van der Waals surface area contributed by atoms with Crippen molar-refractivity contribution in [3.05, 3.63) is 59.5 Å². The summed E-state index contributed by atoms with van der Waals surface area (Å²) < 4.78 is 5.05. The van der Waals surface area contributed by atoms with E-state index in [4.69, 9.17) is 4.42 Å². The highest BCUT2D eigenvalue weighted by molar-refractivity contribution is 5.43. The first-order valence-corrected chi connectivity index (χ1v) is 5.14. The van der Waals surface area contributed by atoms with Gasteiger partial charge in [-0.25, -0.2) is 0 Å². The van der Waals surface area contributed by atoms with E-state index in [1.54, 1.807) is 12.5 Å². The lowest BCUT2D eigenvalue weighted by molar-refractivity contribution is 0.0823. The third-order valence-electron chi connectivity index (χ3n) is 3.22. The van der Waals surface area contributed by atoms with Crippen molar-refractivity contribution in [1.29, 1.82) is 0 Å². The molecule has 1 aromatic carbocycles. The standard InChI is InChI=1S/C13H12O2/c14-13(11-6-8-15-9-11)7-5-10-3-1-2-4-12(10)13/h1-4,6,8-9,14H,5,7H2/t13-/m0/s1. The average molecular weight is 200 g/mol. The van der Waals surface area contributed by atoms with Crippen molar-refractivity contribution in [2.45, 2.75) is 18.4 Å². The van der Waals surface area contributed by atoms with Crippen LogP contribution in [0.1, 0.15) is 23.1 Å². The molecule has 0 aliphatic heterocycles. The molecule has 2 aromatic rings. The largest absolute Gasteiger partial charge is 0.472 e. The first-order valence-electron chi connectivity index (χ1n) is 5.14. The summed E-state index contributed by atoms with van der Waals surface area (Å²) in [7, 11) is 0. The fourth-order valence-electron chi connectivity index (χ4n) is 2.39. The lowest BCUT2D eigenvalue weighted by Gasteiger charge is -2.22. The minimum Gasteiger partial charge on any atom is -0.472 e. The summed E-state index contributed by atoms with van der Waals surface area (Å²) in [4.78, 5) is 0. The molecule has 1 N–H and O–H groups in total. The maximum absolute atomic E-state index is 10.6. The van der Waals surface area contributed by atoms with Gasteiger partial charge in [0.05, 0.1) is 12.5 Å². The van der Waals surface area contributed by atoms with Gasteiger partial charge in [-0.05, 0) is 30.0 Å². The molecule has 1 atom stereocenters. The van der Waals surface area contributed by atoms with Crippen molar-refractivity contribution in [3.63, 3.8) is 0 Å². The molecule has 76 valence electrons. The minimum absolute atomic E-state index is 0.742. The molecule has 0 bridgehead atoms. The van der Waals surface area contributed by atoms with E-state index >= 15 is 0 Å². The van der Waals surface area contributed by atoms with E-state index < -0.39 is 5.60 Å². The van der Waals surface area contributed by atoms with Gasteiger partial charge in [0.1, 0.15) is 5.60 Å². The molecule has 2 heteroatoms. The van der Waals surface area contributed by atoms with Crippen LogP contribution in [0.15, 0.2) is 47.3 Å². The normalized spacial score (nSPS) is 24.1. The van der Waals surface area contributed by atoms with Gasteiger partial charge in [-0.15, -0.1) is 0 Å². The smallest absolute Gasteiger partial charge is 0.118 e. The lowest BCUT2D eigenvalue weighted by Crippen LogP contribution is -2.22. The van der Waals surface area contributed by atoms with E-state index in [0.717, 1.165) is 24.0 Å². The van der Waals surface area contributed by atoms with E-state index in [9.17, 15) is 5.11 Å². The zero-order valence-corrected chi connectivity index (χ0v) is 8.31. The molecule has 1 aliphatic carbocycles. The number of fused-ring (bicyclic) bond motifs is 1. The van der Waals surface area contributed by atoms with E-state index in [1.165, 1.54) is 5.56 Å². The van der Waals surface area contributed by atoms with Gasteiger partial charge in [0.15, 0.2) is 0 Å². The fraction of sp³-hybridized carbons (Fsp3) is 0.231. The second-order valence-electron chi connectivity index (χ2n) is 4.03. The molecule has 15 heavy (non-hydrogen) atoms. The first kappa shape index (κ1) is 8.74. The highest BCUT2D eigenvalue weighted by atomic mass is 16.3. The summed E-state index contributed by atoms with van der Waals surface area (Å²) in [5, 5.41) is 10.6. The van der Waals surface area contributed by atoms with Crippen LogP contribution in [0.25, 0.3) is 0 Å². The molecule has 0 spiro atoms. The predicted octanol–water partition coefficient (Wildman–Crippen LogP) is 2.46. The first-order chi connectivity index (χ1) is 7.31. The highest BCUT2D eigenvalue weighted by Crippen LogP contribution is 2.41. The van der Waals surface area contributed by atoms with E-state index in [0.29, 0.717) is 0 Å². The molecule has 0 radical (unpaired) electrons. The van der Waals surface area contributed by atoms with Gasteiger partial charge in [0.2, 0.25) is 0 Å². The van der Waals surface area contributed by atoms with Gasteiger partial charge in [0, 0.05) is 5.56 Å². The summed E-state index contributed by atoms with van der Waals surface area (Å²) in [6.07, 6.45) is 4.90. The fourth-order valence-corrected chi connectivity index (χ4v) is 2.39. The molecular formula is C13H12O2. The van der Waals surface area contributed by atoms with Crippen LogP contribution in [0.5, 0.6) is 0 Å². The molecule has 3 rings (SSSR count). The molecule has 2 nitrogen and oxygen atoms in total. The third kappa shape index (κ3) is 1.15. The van der Waals surface area contributed by atoms with Crippen LogP contribution in [0, 0.1) is 0 Å². The third-order valence-corrected chi connectivity index (χ3v) is 3.22. The minimum atomic E-state index is -0.844. The Morgan fingerprint density at radius 3 is 2.87 bits per heavy atom. The van der Waals surface area contributed by atoms with Crippen LogP contribution in [-0.2, 0) is 12.0 Å². The Balaban J connectivity index is 2.17. The Morgan fingerprint density at radius 1 is 1.20 bits per heavy atom. The maximum atomic E-state index is 10.6. The van der Waals surface area contributed by atoms with Gasteiger partial charge < -0.3 is 9.52 Å². The molecule has 0 unspecified atom stereocenters. The quantitative estimate of drug-likeness (QED) is 0.767. The van der Waals surface area contributed by atoms with Gasteiger partial charge in [-0.1, -0.05) is 24.3 Å². The zero-order chi connectivity index (χ0) is 10.3. The highest BCUT2D eigenvalue weighted by Gasteiger charge is 2.38. The summed E-state index contributed by atoms with van der Waals surface area (Å²) >= 11 is 0. The number of aryl methyl sites for hydroxylation is 1. The Labute approximate surface area is 88.2 Å². The van der Waals surface area contributed by atoms with E-state index in [1.807, 2.05) is 24.3 Å². The van der Waals surface area contributed by atoms with Crippen molar-refractivity contribution in [2.24, 2.45) is 0 Å². The molecule has 0 saturated carbocycles. The van der Waals surface area contributed by atoms with Crippen LogP contribution in [-0.4, -0.2) is 5.11 Å². The number of aliphatic hydroxyl groups is 1. The zero-order valence-electron chi connectivity index (χ0n) is 8.31. The van der Waals surface area contributed by atoms with Gasteiger partial charge in [-0.2, -0.15) is 0 Å². The van der Waals surface area contributed by atoms with Crippen LogP contribution in [0.3, 0.4) is 0 Å². The van der Waals surface area contributed by atoms with Crippen LogP contribution >= 0.6 is 0 Å². The van der Waals surface area contributed by atoms with Crippen molar-refractivity contribution >= 4 is 0 Å². The number of benzene rings is 1. The predicted molar refractivity (Wildman–Crippen MR) is 56.5 cm³/mol. The van der Waals surface area contributed by atoms with Crippen LogP contribution < -0.4 is 0 Å². The average Bonchev–Trinajstić information content (AvgIpc) is 2.88. The summed E-state index contributed by atoms with van der Waals surface area (Å²) in [6.45, 7) is 0. The summed E-state index contributed by atoms with van der Waals surface area (Å²) in [5.41, 5.74) is 2.27. The summed E-state index contributed by atoms with van der Waals surface area (Å²) in [6, 6.07) is 9.89. The topological polar surface area (TPSA) is 33.4 Å². The SMILES string of the molecule is O[C@]1(c2ccoc2)CCc2ccccc21. The molecule has 0 fully saturated rings. The Morgan fingerprint density at radius 2 is 2.07 bits per heavy atom. The number of furan rings is 1. The van der Waals surface area contributed by atoms with Crippen LogP contribution in [0.2, 0.25) is 0 Å². The van der Waals surface area contributed by atoms with Crippen molar-refractivity contribution in [3.8, 4) is 0 Å². The summed E-state index contributed by atoms with van der Waals surface area (Å²) in [5.74, 6) is 0. The van der Waals surface area contributed by atoms with Gasteiger partial charge in [0.25, 0.3) is 0 Å². The molecule has 0 saturated heterocycles. The molecular weight excluding hydrogens is 188 g/mol. The molecule has 1 heterocycles. The number of hydrogen-bond donors (Lipinski definition) is 1. The van der Waals surface area contributed by atoms with Gasteiger partial charge >= 0.3 is 0 Å². The molecule has 1 aromatic heterocycles. The maximum Gasteiger partial charge on any atom is 0.118 e.